The van der Waals surface area contributed by atoms with Crippen LogP contribution in [-0.2, 0) is 11.4 Å². The highest BCUT2D eigenvalue weighted by Gasteiger charge is 2.18. The van der Waals surface area contributed by atoms with E-state index < -0.39 is 18.4 Å². The molecule has 2 N–H and O–H groups in total. The summed E-state index contributed by atoms with van der Waals surface area (Å²) in [6.07, 6.45) is 7.82. The van der Waals surface area contributed by atoms with Crippen LogP contribution in [0.15, 0.2) is 79.6 Å². The molecule has 0 fully saturated rings. The number of aromatic nitrogens is 4. The van der Waals surface area contributed by atoms with Crippen molar-refractivity contribution in [1.29, 1.82) is 0 Å². The smallest absolute Gasteiger partial charge is 0.412 e. The van der Waals surface area contributed by atoms with Crippen molar-refractivity contribution in [3.05, 3.63) is 108 Å². The molecule has 3 aromatic heterocycles. The van der Waals surface area contributed by atoms with Gasteiger partial charge in [0.2, 0.25) is 0 Å². The molecule has 0 aliphatic rings. The van der Waals surface area contributed by atoms with E-state index >= 15 is 0 Å². The van der Waals surface area contributed by atoms with Crippen LogP contribution < -0.4 is 10.6 Å². The molecule has 3 heterocycles. The van der Waals surface area contributed by atoms with Gasteiger partial charge in [0.25, 0.3) is 5.91 Å². The molecule has 0 spiro atoms. The molecule has 0 aliphatic heterocycles. The number of amides is 2. The Balaban J connectivity index is 1.38. The number of carbonyl (C=O) groups excluding carboxylic acids is 2. The van der Waals surface area contributed by atoms with Crippen molar-refractivity contribution in [2.45, 2.75) is 40.0 Å². The summed E-state index contributed by atoms with van der Waals surface area (Å²) in [4.78, 5) is 33.9. The highest BCUT2D eigenvalue weighted by Crippen LogP contribution is 2.22. The molecule has 2 aromatic carbocycles. The van der Waals surface area contributed by atoms with E-state index in [0.29, 0.717) is 45.1 Å². The average Bonchev–Trinajstić information content (AvgIpc) is 3.62. The minimum absolute atomic E-state index is 0.349. The predicted octanol–water partition coefficient (Wildman–Crippen LogP) is 6.30. The van der Waals surface area contributed by atoms with Crippen molar-refractivity contribution in [1.82, 2.24) is 18.9 Å². The van der Waals surface area contributed by atoms with Crippen LogP contribution in [-0.4, -0.2) is 36.5 Å². The lowest BCUT2D eigenvalue weighted by Gasteiger charge is -2.19. The predicted molar refractivity (Wildman–Crippen MR) is 159 cm³/mol. The highest BCUT2D eigenvalue weighted by atomic mass is 19.1. The molecule has 0 unspecified atom stereocenters. The van der Waals surface area contributed by atoms with Crippen LogP contribution >= 0.6 is 0 Å². The molecule has 9 nitrogen and oxygen atoms in total. The van der Waals surface area contributed by atoms with Gasteiger partial charge in [-0.25, -0.2) is 19.2 Å². The number of nitrogens with one attached hydrogen (secondary N) is 2. The molecular weight excluding hydrogens is 535 g/mol. The van der Waals surface area contributed by atoms with Crippen molar-refractivity contribution in [3.63, 3.8) is 0 Å². The van der Waals surface area contributed by atoms with Gasteiger partial charge in [-0.1, -0.05) is 12.0 Å². The zero-order valence-electron chi connectivity index (χ0n) is 23.6. The fourth-order valence-corrected chi connectivity index (χ4v) is 4.23. The maximum atomic E-state index is 13.5. The normalized spacial score (nSPS) is 11.1. The van der Waals surface area contributed by atoms with E-state index in [1.54, 1.807) is 103 Å². The van der Waals surface area contributed by atoms with Gasteiger partial charge in [0.1, 0.15) is 18.0 Å². The van der Waals surface area contributed by atoms with E-state index in [2.05, 4.69) is 32.4 Å². The molecule has 0 radical (unpaired) electrons. The van der Waals surface area contributed by atoms with Crippen molar-refractivity contribution in [3.8, 4) is 17.5 Å². The van der Waals surface area contributed by atoms with Crippen LogP contribution in [0.25, 0.3) is 11.3 Å². The first-order chi connectivity index (χ1) is 20.1. The van der Waals surface area contributed by atoms with E-state index in [9.17, 15) is 14.0 Å². The molecule has 0 saturated carbocycles. The Morgan fingerprint density at radius 2 is 1.88 bits per heavy atom. The van der Waals surface area contributed by atoms with Crippen LogP contribution in [0.2, 0.25) is 0 Å². The SMILES string of the molecule is Cc1ccc(C(=O)Nc2cc(CF)cc(-n3ccnc3)c2)cc1C#Cc1cnc2c(NC(=O)OC(C)(C)C)cccn12. The Morgan fingerprint density at radius 1 is 1.05 bits per heavy atom. The van der Waals surface area contributed by atoms with Gasteiger partial charge in [0.05, 0.1) is 18.2 Å². The number of anilines is 2. The molecular formula is C32H29FN6O3. The summed E-state index contributed by atoms with van der Waals surface area (Å²) in [5, 5.41) is 5.60. The summed E-state index contributed by atoms with van der Waals surface area (Å²) in [6, 6.07) is 13.8. The first-order valence-electron chi connectivity index (χ1n) is 13.2. The number of benzene rings is 2. The number of imidazole rings is 2. The number of halogens is 1. The average molecular weight is 565 g/mol. The van der Waals surface area contributed by atoms with E-state index in [0.717, 1.165) is 5.56 Å². The zero-order chi connectivity index (χ0) is 29.9. The van der Waals surface area contributed by atoms with E-state index in [1.165, 1.54) is 0 Å². The van der Waals surface area contributed by atoms with E-state index in [-0.39, 0.29) is 5.91 Å². The van der Waals surface area contributed by atoms with Crippen molar-refractivity contribution < 1.29 is 18.7 Å². The number of rotatable bonds is 5. The van der Waals surface area contributed by atoms with Gasteiger partial charge in [-0.05, 0) is 87.2 Å². The Kier molecular flexibility index (Phi) is 7.76. The number of nitrogens with zero attached hydrogens (tertiary/aromatic N) is 4. The first-order valence-corrected chi connectivity index (χ1v) is 13.2. The number of ether oxygens (including phenoxy) is 1. The molecule has 2 amide bonds. The van der Waals surface area contributed by atoms with Crippen molar-refractivity contribution in [2.24, 2.45) is 0 Å². The van der Waals surface area contributed by atoms with Crippen LogP contribution in [0.3, 0.4) is 0 Å². The maximum absolute atomic E-state index is 13.5. The lowest BCUT2D eigenvalue weighted by Crippen LogP contribution is -2.27. The second-order valence-corrected chi connectivity index (χ2v) is 10.6. The minimum Gasteiger partial charge on any atom is -0.444 e. The maximum Gasteiger partial charge on any atom is 0.412 e. The summed E-state index contributed by atoms with van der Waals surface area (Å²) in [5.74, 6) is 5.91. The molecule has 10 heteroatoms. The molecule has 0 saturated heterocycles. The number of alkyl halides is 1. The molecule has 42 heavy (non-hydrogen) atoms. The van der Waals surface area contributed by atoms with Crippen molar-refractivity contribution in [2.75, 3.05) is 10.6 Å². The number of hydrogen-bond donors (Lipinski definition) is 2. The number of pyridine rings is 1. The second-order valence-electron chi connectivity index (χ2n) is 10.6. The summed E-state index contributed by atoms with van der Waals surface area (Å²) in [5.41, 5.74) is 4.52. The second kappa shape index (κ2) is 11.6. The number of hydrogen-bond acceptors (Lipinski definition) is 5. The number of aryl methyl sites for hydroxylation is 1. The van der Waals surface area contributed by atoms with Crippen LogP contribution in [0, 0.1) is 18.8 Å². The standard InChI is InChI=1S/C32H29FN6O3/c1-21-7-8-24(30(40)36-25-14-22(18-33)15-27(17-25)38-13-11-34-20-38)16-23(21)9-10-26-19-35-29-28(6-5-12-39(26)29)37-31(41)42-32(2,3)4/h5-8,11-17,19-20H,18H2,1-4H3,(H,36,40)(H,37,41). The Morgan fingerprint density at radius 3 is 2.62 bits per heavy atom. The summed E-state index contributed by atoms with van der Waals surface area (Å²) in [7, 11) is 0. The topological polar surface area (TPSA) is 103 Å². The van der Waals surface area contributed by atoms with Gasteiger partial charge in [0.15, 0.2) is 5.65 Å². The molecule has 212 valence electrons. The highest BCUT2D eigenvalue weighted by molar-refractivity contribution is 6.04. The van der Waals surface area contributed by atoms with Gasteiger partial charge < -0.3 is 14.6 Å². The fourth-order valence-electron chi connectivity index (χ4n) is 4.23. The minimum atomic E-state index is -0.669. The third kappa shape index (κ3) is 6.47. The zero-order valence-corrected chi connectivity index (χ0v) is 23.6. The van der Waals surface area contributed by atoms with Crippen molar-refractivity contribution >= 4 is 29.0 Å². The Bertz CT molecular complexity index is 1840. The number of fused-ring (bicyclic) bond motifs is 1. The Labute approximate surface area is 242 Å². The third-order valence-electron chi connectivity index (χ3n) is 6.19. The summed E-state index contributed by atoms with van der Waals surface area (Å²) < 4.78 is 22.4. The van der Waals surface area contributed by atoms with Crippen LogP contribution in [0.5, 0.6) is 0 Å². The summed E-state index contributed by atoms with van der Waals surface area (Å²) in [6.45, 7) is 6.61. The largest absolute Gasteiger partial charge is 0.444 e. The molecule has 5 aromatic rings. The summed E-state index contributed by atoms with van der Waals surface area (Å²) >= 11 is 0. The molecule has 0 bridgehead atoms. The van der Waals surface area contributed by atoms with Gasteiger partial charge in [-0.3, -0.25) is 14.5 Å². The molecule has 0 aliphatic carbocycles. The molecule has 5 rings (SSSR count). The van der Waals surface area contributed by atoms with E-state index in [4.69, 9.17) is 4.74 Å². The van der Waals surface area contributed by atoms with Gasteiger partial charge in [-0.2, -0.15) is 0 Å². The molecule has 0 atom stereocenters. The van der Waals surface area contributed by atoms with Gasteiger partial charge in [-0.15, -0.1) is 0 Å². The lowest BCUT2D eigenvalue weighted by molar-refractivity contribution is 0.0636. The lowest BCUT2D eigenvalue weighted by atomic mass is 10.0. The fraction of sp³-hybridized carbons (Fsp3) is 0.188. The third-order valence-corrected chi connectivity index (χ3v) is 6.19. The van der Waals surface area contributed by atoms with Gasteiger partial charge >= 0.3 is 6.09 Å². The number of carbonyl (C=O) groups is 2. The van der Waals surface area contributed by atoms with Crippen LogP contribution in [0.1, 0.15) is 53.5 Å². The monoisotopic (exact) mass is 564 g/mol. The first kappa shape index (κ1) is 28.1. The van der Waals surface area contributed by atoms with Gasteiger partial charge in [0, 0.05) is 41.1 Å². The quantitative estimate of drug-likeness (QED) is 0.244. The van der Waals surface area contributed by atoms with Crippen LogP contribution in [0.4, 0.5) is 20.6 Å². The van der Waals surface area contributed by atoms with E-state index in [1.807, 2.05) is 13.0 Å². The Hall–Kier alpha value is -5.43.